The number of aromatic nitrogens is 2. The second-order valence-electron chi connectivity index (χ2n) is 9.00. The Morgan fingerprint density at radius 1 is 1.26 bits per heavy atom. The minimum Gasteiger partial charge on any atom is -0.368 e. The molecule has 1 aromatic carbocycles. The molecule has 4 rings (SSSR count). The standard InChI is InChI=1S/C21H32ClN5O2S2/c1-4-26-9-11-27(12-10-26)19-14-18-17(13-16(19)22)23-20(24-18)30-21(2)7-5-15(6-8-21)25-31(3,28)29/h13-15,25H,4-12H2,1-3H3,(H,23,24). The van der Waals surface area contributed by atoms with E-state index in [1.165, 1.54) is 6.26 Å². The van der Waals surface area contributed by atoms with Gasteiger partial charge in [-0.3, -0.25) is 0 Å². The van der Waals surface area contributed by atoms with Crippen LogP contribution in [0.25, 0.3) is 11.0 Å². The van der Waals surface area contributed by atoms with Crippen molar-refractivity contribution in [2.45, 2.75) is 55.5 Å². The van der Waals surface area contributed by atoms with Crippen LogP contribution in [0.1, 0.15) is 39.5 Å². The molecule has 2 aromatic rings. The molecule has 7 nitrogen and oxygen atoms in total. The number of aromatic amines is 1. The van der Waals surface area contributed by atoms with Gasteiger partial charge in [0.1, 0.15) is 0 Å². The lowest BCUT2D eigenvalue weighted by molar-refractivity contribution is 0.271. The maximum absolute atomic E-state index is 11.5. The van der Waals surface area contributed by atoms with Crippen LogP contribution in [0, 0.1) is 0 Å². The van der Waals surface area contributed by atoms with Gasteiger partial charge >= 0.3 is 0 Å². The molecule has 1 saturated heterocycles. The highest BCUT2D eigenvalue weighted by molar-refractivity contribution is 8.00. The summed E-state index contributed by atoms with van der Waals surface area (Å²) < 4.78 is 25.8. The zero-order valence-corrected chi connectivity index (χ0v) is 20.8. The molecule has 0 bridgehead atoms. The summed E-state index contributed by atoms with van der Waals surface area (Å²) in [5, 5.41) is 1.66. The lowest BCUT2D eigenvalue weighted by Crippen LogP contribution is -2.46. The van der Waals surface area contributed by atoms with E-state index in [1.807, 2.05) is 6.07 Å². The van der Waals surface area contributed by atoms with E-state index in [9.17, 15) is 8.42 Å². The van der Waals surface area contributed by atoms with Crippen LogP contribution in [0.2, 0.25) is 5.02 Å². The highest BCUT2D eigenvalue weighted by atomic mass is 35.5. The molecule has 2 aliphatic rings. The number of imidazole rings is 1. The zero-order chi connectivity index (χ0) is 22.2. The van der Waals surface area contributed by atoms with Crippen molar-refractivity contribution in [2.75, 3.05) is 43.9 Å². The normalized spacial score (nSPS) is 25.9. The number of piperazine rings is 1. The summed E-state index contributed by atoms with van der Waals surface area (Å²) in [5.41, 5.74) is 2.96. The van der Waals surface area contributed by atoms with E-state index < -0.39 is 10.0 Å². The second-order valence-corrected chi connectivity index (χ2v) is 12.8. The molecule has 0 spiro atoms. The summed E-state index contributed by atoms with van der Waals surface area (Å²) in [5.74, 6) is 0. The highest BCUT2D eigenvalue weighted by Crippen LogP contribution is 2.43. The minimum atomic E-state index is -3.15. The number of nitrogens with zero attached hydrogens (tertiary/aromatic N) is 3. The summed E-state index contributed by atoms with van der Waals surface area (Å²) in [6.07, 6.45) is 4.80. The van der Waals surface area contributed by atoms with Gasteiger partial charge in [-0.05, 0) is 51.3 Å². The third-order valence-corrected chi connectivity index (χ3v) is 8.81. The van der Waals surface area contributed by atoms with Gasteiger partial charge in [-0.15, -0.1) is 0 Å². The van der Waals surface area contributed by atoms with Gasteiger partial charge in [-0.2, -0.15) is 0 Å². The highest BCUT2D eigenvalue weighted by Gasteiger charge is 2.34. The van der Waals surface area contributed by atoms with Gasteiger partial charge in [-0.25, -0.2) is 18.1 Å². The van der Waals surface area contributed by atoms with Crippen LogP contribution in [0.5, 0.6) is 0 Å². The Hall–Kier alpha value is -1.00. The Labute approximate surface area is 194 Å². The van der Waals surface area contributed by atoms with Crippen molar-refractivity contribution in [2.24, 2.45) is 0 Å². The van der Waals surface area contributed by atoms with Crippen LogP contribution in [0.4, 0.5) is 5.69 Å². The number of hydrogen-bond donors (Lipinski definition) is 2. The van der Waals surface area contributed by atoms with Crippen molar-refractivity contribution >= 4 is 50.1 Å². The number of thioether (sulfide) groups is 1. The van der Waals surface area contributed by atoms with Gasteiger partial charge < -0.3 is 14.8 Å². The van der Waals surface area contributed by atoms with Crippen molar-refractivity contribution in [3.05, 3.63) is 17.2 Å². The largest absolute Gasteiger partial charge is 0.368 e. The lowest BCUT2D eigenvalue weighted by Gasteiger charge is -2.36. The first-order valence-corrected chi connectivity index (χ1v) is 14.1. The monoisotopic (exact) mass is 485 g/mol. The average molecular weight is 486 g/mol. The molecular weight excluding hydrogens is 454 g/mol. The molecule has 2 N–H and O–H groups in total. The van der Waals surface area contributed by atoms with Gasteiger partial charge in [0.15, 0.2) is 5.16 Å². The number of nitrogens with one attached hydrogen (secondary N) is 2. The number of sulfonamides is 1. The Bertz CT molecular complexity index is 1030. The topological polar surface area (TPSA) is 81.3 Å². The molecule has 1 saturated carbocycles. The molecule has 0 amide bonds. The van der Waals surface area contributed by atoms with Gasteiger partial charge in [0.25, 0.3) is 0 Å². The van der Waals surface area contributed by atoms with Crippen LogP contribution >= 0.6 is 23.4 Å². The number of benzene rings is 1. The Morgan fingerprint density at radius 2 is 1.94 bits per heavy atom. The molecule has 1 aliphatic heterocycles. The molecule has 1 aliphatic carbocycles. The van der Waals surface area contributed by atoms with Gasteiger partial charge in [-0.1, -0.05) is 30.3 Å². The molecular formula is C21H32ClN5O2S2. The molecule has 2 fully saturated rings. The zero-order valence-electron chi connectivity index (χ0n) is 18.4. The van der Waals surface area contributed by atoms with E-state index in [1.54, 1.807) is 11.8 Å². The van der Waals surface area contributed by atoms with Gasteiger partial charge in [0.05, 0.1) is 28.0 Å². The average Bonchev–Trinajstić information content (AvgIpc) is 3.09. The van der Waals surface area contributed by atoms with E-state index in [-0.39, 0.29) is 10.8 Å². The minimum absolute atomic E-state index is 0.0344. The number of anilines is 1. The van der Waals surface area contributed by atoms with Crippen LogP contribution < -0.4 is 9.62 Å². The maximum Gasteiger partial charge on any atom is 0.208 e. The second kappa shape index (κ2) is 9.09. The molecule has 0 radical (unpaired) electrons. The summed E-state index contributed by atoms with van der Waals surface area (Å²) in [4.78, 5) is 13.1. The number of fused-ring (bicyclic) bond motifs is 1. The molecule has 1 aromatic heterocycles. The lowest BCUT2D eigenvalue weighted by atomic mass is 9.87. The Morgan fingerprint density at radius 3 is 2.55 bits per heavy atom. The third kappa shape index (κ3) is 5.68. The van der Waals surface area contributed by atoms with E-state index in [0.717, 1.165) is 85.3 Å². The first-order valence-electron chi connectivity index (χ1n) is 11.0. The maximum atomic E-state index is 11.5. The van der Waals surface area contributed by atoms with E-state index >= 15 is 0 Å². The smallest absolute Gasteiger partial charge is 0.208 e. The van der Waals surface area contributed by atoms with Crippen LogP contribution in [0.15, 0.2) is 17.3 Å². The molecule has 172 valence electrons. The Kier molecular flexibility index (Phi) is 6.80. The predicted molar refractivity (Wildman–Crippen MR) is 130 cm³/mol. The molecule has 0 unspecified atom stereocenters. The number of halogens is 1. The fourth-order valence-electron chi connectivity index (χ4n) is 4.58. The van der Waals surface area contributed by atoms with Gasteiger partial charge in [0, 0.05) is 37.0 Å². The van der Waals surface area contributed by atoms with Crippen molar-refractivity contribution in [1.29, 1.82) is 0 Å². The van der Waals surface area contributed by atoms with E-state index in [4.69, 9.17) is 16.6 Å². The summed E-state index contributed by atoms with van der Waals surface area (Å²) in [7, 11) is -3.15. The number of likely N-dealkylation sites (N-methyl/N-ethyl adjacent to an activating group) is 1. The van der Waals surface area contributed by atoms with Crippen molar-refractivity contribution in [3.63, 3.8) is 0 Å². The Balaban J connectivity index is 1.45. The third-order valence-electron chi connectivity index (χ3n) is 6.46. The van der Waals surface area contributed by atoms with Crippen molar-refractivity contribution in [3.8, 4) is 0 Å². The first-order chi connectivity index (χ1) is 14.6. The van der Waals surface area contributed by atoms with Crippen molar-refractivity contribution < 1.29 is 8.42 Å². The number of hydrogen-bond acceptors (Lipinski definition) is 6. The fourth-order valence-corrected chi connectivity index (χ4v) is 6.91. The predicted octanol–water partition coefficient (Wildman–Crippen LogP) is 3.70. The van der Waals surface area contributed by atoms with Crippen LogP contribution in [-0.2, 0) is 10.0 Å². The quantitative estimate of drug-likeness (QED) is 0.649. The van der Waals surface area contributed by atoms with E-state index in [2.05, 4.69) is 39.4 Å². The summed E-state index contributed by atoms with van der Waals surface area (Å²) >= 11 is 8.39. The molecule has 10 heteroatoms. The number of rotatable bonds is 6. The summed E-state index contributed by atoms with van der Waals surface area (Å²) in [6.45, 7) is 9.60. The summed E-state index contributed by atoms with van der Waals surface area (Å²) in [6, 6.07) is 4.13. The molecule has 31 heavy (non-hydrogen) atoms. The van der Waals surface area contributed by atoms with Crippen molar-refractivity contribution in [1.82, 2.24) is 19.6 Å². The number of H-pyrrole nitrogens is 1. The molecule has 2 heterocycles. The molecule has 0 atom stereocenters. The van der Waals surface area contributed by atoms with Crippen LogP contribution in [0.3, 0.4) is 0 Å². The van der Waals surface area contributed by atoms with Gasteiger partial charge in [0.2, 0.25) is 10.0 Å². The van der Waals surface area contributed by atoms with Crippen LogP contribution in [-0.4, -0.2) is 73.1 Å². The first kappa shape index (κ1) is 23.2. The SMILES string of the molecule is CCN1CCN(c2cc3nc(SC4(C)CCC(NS(C)(=O)=O)CC4)[nH]c3cc2Cl)CC1. The van der Waals surface area contributed by atoms with E-state index in [0.29, 0.717) is 0 Å². The fraction of sp³-hybridized carbons (Fsp3) is 0.667.